The zero-order valence-corrected chi connectivity index (χ0v) is 15.3. The van der Waals surface area contributed by atoms with Gasteiger partial charge >= 0.3 is 5.69 Å². The van der Waals surface area contributed by atoms with E-state index in [9.17, 15) is 10.1 Å². The minimum absolute atomic E-state index is 0.0329. The molecule has 25 heavy (non-hydrogen) atoms. The molecular formula is C17H28N6O2. The maximum absolute atomic E-state index is 11.6. The highest BCUT2D eigenvalue weighted by Crippen LogP contribution is 2.36. The van der Waals surface area contributed by atoms with E-state index >= 15 is 0 Å². The largest absolute Gasteiger partial charge is 0.378 e. The molecule has 1 aromatic heterocycles. The van der Waals surface area contributed by atoms with E-state index in [1.165, 1.54) is 0 Å². The standard InChI is InChI=1S/C17H28N6O2/c1-11-4-6-21(7-5-11)17-19-15(18)14(23(24)25)16(20-17)22-9-12(2)8-13(3)10-22/h11-13H,4-10H2,1-3H3,(H2,18,19,20)/t12-,13+. The van der Waals surface area contributed by atoms with Crippen LogP contribution in [0, 0.1) is 27.9 Å². The Kier molecular flexibility index (Phi) is 4.96. The lowest BCUT2D eigenvalue weighted by Gasteiger charge is -2.36. The molecule has 0 radical (unpaired) electrons. The number of aromatic nitrogens is 2. The van der Waals surface area contributed by atoms with Gasteiger partial charge in [-0.05, 0) is 37.0 Å². The Morgan fingerprint density at radius 1 is 1.04 bits per heavy atom. The second kappa shape index (κ2) is 7.01. The summed E-state index contributed by atoms with van der Waals surface area (Å²) in [6.45, 7) is 9.84. The Labute approximate surface area is 148 Å². The average molecular weight is 348 g/mol. The molecule has 2 aliphatic rings. The monoisotopic (exact) mass is 348 g/mol. The van der Waals surface area contributed by atoms with Crippen LogP contribution < -0.4 is 15.5 Å². The molecule has 0 aromatic carbocycles. The first-order valence-electron chi connectivity index (χ1n) is 9.17. The van der Waals surface area contributed by atoms with Gasteiger partial charge in [0, 0.05) is 26.2 Å². The third-order valence-electron chi connectivity index (χ3n) is 5.30. The molecule has 0 unspecified atom stereocenters. The van der Waals surface area contributed by atoms with Gasteiger partial charge < -0.3 is 15.5 Å². The zero-order chi connectivity index (χ0) is 18.1. The van der Waals surface area contributed by atoms with Crippen LogP contribution in [0.15, 0.2) is 0 Å². The highest BCUT2D eigenvalue weighted by Gasteiger charge is 2.32. The van der Waals surface area contributed by atoms with Crippen LogP contribution >= 0.6 is 0 Å². The fraction of sp³-hybridized carbons (Fsp3) is 0.765. The van der Waals surface area contributed by atoms with Gasteiger partial charge in [-0.1, -0.05) is 20.8 Å². The summed E-state index contributed by atoms with van der Waals surface area (Å²) in [4.78, 5) is 24.1. The Hall–Kier alpha value is -2.12. The Morgan fingerprint density at radius 3 is 2.20 bits per heavy atom. The smallest absolute Gasteiger partial charge is 0.353 e. The first-order chi connectivity index (χ1) is 11.8. The molecule has 1 aromatic rings. The van der Waals surface area contributed by atoms with E-state index in [-0.39, 0.29) is 11.5 Å². The number of piperidine rings is 2. The van der Waals surface area contributed by atoms with Crippen LogP contribution in [-0.2, 0) is 0 Å². The zero-order valence-electron chi connectivity index (χ0n) is 15.3. The van der Waals surface area contributed by atoms with Crippen molar-refractivity contribution in [3.63, 3.8) is 0 Å². The Bertz CT molecular complexity index is 634. The average Bonchev–Trinajstić information content (AvgIpc) is 2.53. The van der Waals surface area contributed by atoms with Crippen LogP contribution in [0.4, 0.5) is 23.3 Å². The third-order valence-corrected chi connectivity index (χ3v) is 5.30. The van der Waals surface area contributed by atoms with Crippen LogP contribution in [0.3, 0.4) is 0 Å². The van der Waals surface area contributed by atoms with Gasteiger partial charge in [0.25, 0.3) is 0 Å². The molecule has 2 N–H and O–H groups in total. The van der Waals surface area contributed by atoms with Crippen molar-refractivity contribution >= 4 is 23.3 Å². The van der Waals surface area contributed by atoms with E-state index in [2.05, 4.69) is 35.6 Å². The van der Waals surface area contributed by atoms with Crippen molar-refractivity contribution in [2.24, 2.45) is 17.8 Å². The summed E-state index contributed by atoms with van der Waals surface area (Å²) in [6, 6.07) is 0. The van der Waals surface area contributed by atoms with Crippen molar-refractivity contribution in [2.75, 3.05) is 41.7 Å². The van der Waals surface area contributed by atoms with Crippen LogP contribution in [0.1, 0.15) is 40.0 Å². The molecule has 0 aliphatic carbocycles. The number of nitrogen functional groups attached to an aromatic ring is 1. The lowest BCUT2D eigenvalue weighted by Crippen LogP contribution is -2.40. The number of hydrogen-bond donors (Lipinski definition) is 1. The first-order valence-corrected chi connectivity index (χ1v) is 9.17. The van der Waals surface area contributed by atoms with Gasteiger partial charge in [-0.25, -0.2) is 0 Å². The fourth-order valence-electron chi connectivity index (χ4n) is 4.03. The molecule has 0 saturated carbocycles. The summed E-state index contributed by atoms with van der Waals surface area (Å²) in [7, 11) is 0. The summed E-state index contributed by atoms with van der Waals surface area (Å²) in [5.74, 6) is 2.50. The molecule has 2 aliphatic heterocycles. The molecule has 0 spiro atoms. The molecule has 3 heterocycles. The number of nitrogens with zero attached hydrogens (tertiary/aromatic N) is 5. The first kappa shape index (κ1) is 17.7. The molecule has 2 saturated heterocycles. The lowest BCUT2D eigenvalue weighted by atomic mass is 9.92. The van der Waals surface area contributed by atoms with Crippen molar-refractivity contribution in [2.45, 2.75) is 40.0 Å². The molecule has 0 bridgehead atoms. The van der Waals surface area contributed by atoms with Crippen molar-refractivity contribution < 1.29 is 4.92 Å². The molecular weight excluding hydrogens is 320 g/mol. The van der Waals surface area contributed by atoms with E-state index in [1.807, 2.05) is 4.90 Å². The maximum atomic E-state index is 11.6. The van der Waals surface area contributed by atoms with Crippen LogP contribution in [0.5, 0.6) is 0 Å². The van der Waals surface area contributed by atoms with Crippen molar-refractivity contribution in [1.82, 2.24) is 9.97 Å². The van der Waals surface area contributed by atoms with Crippen molar-refractivity contribution in [1.29, 1.82) is 0 Å². The van der Waals surface area contributed by atoms with Gasteiger partial charge in [0.05, 0.1) is 4.92 Å². The van der Waals surface area contributed by atoms with Crippen LogP contribution in [0.25, 0.3) is 0 Å². The number of nitro groups is 1. The summed E-state index contributed by atoms with van der Waals surface area (Å²) in [5.41, 5.74) is 5.83. The van der Waals surface area contributed by atoms with Crippen LogP contribution in [0.2, 0.25) is 0 Å². The normalized spacial score (nSPS) is 25.2. The molecule has 8 nitrogen and oxygen atoms in total. The summed E-state index contributed by atoms with van der Waals surface area (Å²) in [6.07, 6.45) is 3.28. The van der Waals surface area contributed by atoms with Gasteiger partial charge in [-0.3, -0.25) is 10.1 Å². The van der Waals surface area contributed by atoms with Gasteiger partial charge in [0.15, 0.2) is 0 Å². The Balaban J connectivity index is 1.97. The number of rotatable bonds is 3. The van der Waals surface area contributed by atoms with E-state index in [1.54, 1.807) is 0 Å². The summed E-state index contributed by atoms with van der Waals surface area (Å²) >= 11 is 0. The summed E-state index contributed by atoms with van der Waals surface area (Å²) in [5, 5.41) is 11.6. The molecule has 3 rings (SSSR count). The van der Waals surface area contributed by atoms with Crippen molar-refractivity contribution in [3.05, 3.63) is 10.1 Å². The van der Waals surface area contributed by atoms with Gasteiger partial charge in [0.1, 0.15) is 0 Å². The van der Waals surface area contributed by atoms with E-state index < -0.39 is 4.92 Å². The predicted molar refractivity (Wildman–Crippen MR) is 98.9 cm³/mol. The van der Waals surface area contributed by atoms with Crippen molar-refractivity contribution in [3.8, 4) is 0 Å². The number of hydrogen-bond acceptors (Lipinski definition) is 7. The molecule has 0 amide bonds. The number of anilines is 3. The quantitative estimate of drug-likeness (QED) is 0.662. The maximum Gasteiger partial charge on any atom is 0.353 e. The predicted octanol–water partition coefficient (Wildman–Crippen LogP) is 2.69. The topological polar surface area (TPSA) is 101 Å². The highest BCUT2D eigenvalue weighted by molar-refractivity contribution is 5.71. The minimum atomic E-state index is -0.448. The SMILES string of the molecule is CC1CCN(c2nc(N)c([N+](=O)[O-])c(N3C[C@H](C)C[C@H](C)C3)n2)CC1. The number of nitrogens with two attached hydrogens (primary N) is 1. The molecule has 2 atom stereocenters. The molecule has 138 valence electrons. The summed E-state index contributed by atoms with van der Waals surface area (Å²) < 4.78 is 0. The third kappa shape index (κ3) is 3.77. The van der Waals surface area contributed by atoms with Gasteiger partial charge in [0.2, 0.25) is 17.6 Å². The fourth-order valence-corrected chi connectivity index (χ4v) is 4.03. The Morgan fingerprint density at radius 2 is 1.64 bits per heavy atom. The minimum Gasteiger partial charge on any atom is -0.378 e. The van der Waals surface area contributed by atoms with E-state index in [0.717, 1.165) is 45.4 Å². The van der Waals surface area contributed by atoms with Gasteiger partial charge in [-0.15, -0.1) is 0 Å². The second-order valence-electron chi connectivity index (χ2n) is 7.86. The van der Waals surface area contributed by atoms with Gasteiger partial charge in [-0.2, -0.15) is 9.97 Å². The second-order valence-corrected chi connectivity index (χ2v) is 7.86. The molecule has 8 heteroatoms. The van der Waals surface area contributed by atoms with E-state index in [0.29, 0.717) is 29.5 Å². The highest BCUT2D eigenvalue weighted by atomic mass is 16.6. The lowest BCUT2D eigenvalue weighted by molar-refractivity contribution is -0.383. The molecule has 2 fully saturated rings. The van der Waals surface area contributed by atoms with Crippen LogP contribution in [-0.4, -0.2) is 41.1 Å². The van der Waals surface area contributed by atoms with E-state index in [4.69, 9.17) is 5.73 Å².